The predicted molar refractivity (Wildman–Crippen MR) is 177 cm³/mol. The third kappa shape index (κ3) is 5.35. The van der Waals surface area contributed by atoms with Crippen LogP contribution in [-0.4, -0.2) is 82.3 Å². The van der Waals surface area contributed by atoms with E-state index in [0.717, 1.165) is 24.0 Å². The van der Waals surface area contributed by atoms with E-state index in [9.17, 15) is 24.3 Å². The van der Waals surface area contributed by atoms with Gasteiger partial charge in [-0.1, -0.05) is 81.0 Å². The molecule has 1 N–H and O–H groups in total. The van der Waals surface area contributed by atoms with Crippen molar-refractivity contribution in [1.29, 1.82) is 0 Å². The summed E-state index contributed by atoms with van der Waals surface area (Å²) in [6, 6.07) is 16.7. The molecule has 0 saturated carbocycles. The van der Waals surface area contributed by atoms with Crippen LogP contribution in [0.5, 0.6) is 0 Å². The molecule has 1 unspecified atom stereocenters. The molecular weight excluding hydrogens is 578 g/mol. The number of aromatic carboxylic acids is 1. The lowest BCUT2D eigenvalue weighted by molar-refractivity contribution is -0.147. The third-order valence-electron chi connectivity index (χ3n) is 11.1. The molecule has 8 heteroatoms. The van der Waals surface area contributed by atoms with Crippen molar-refractivity contribution in [1.82, 2.24) is 14.7 Å². The van der Waals surface area contributed by atoms with Crippen LogP contribution in [0.3, 0.4) is 0 Å². The number of likely N-dealkylation sites (tertiary alicyclic amines) is 2. The number of amides is 3. The summed E-state index contributed by atoms with van der Waals surface area (Å²) < 4.78 is 0. The van der Waals surface area contributed by atoms with Crippen LogP contribution in [0.2, 0.25) is 0 Å². The number of rotatable bonds is 5. The van der Waals surface area contributed by atoms with Crippen LogP contribution in [0.25, 0.3) is 5.57 Å². The van der Waals surface area contributed by atoms with Crippen molar-refractivity contribution < 1.29 is 24.3 Å². The zero-order valence-electron chi connectivity index (χ0n) is 27.4. The molecule has 242 valence electrons. The summed E-state index contributed by atoms with van der Waals surface area (Å²) in [5.74, 6) is -0.874. The number of carboxylic acid groups (broad SMARTS) is 1. The number of piperidine rings is 1. The van der Waals surface area contributed by atoms with E-state index in [1.54, 1.807) is 17.0 Å². The molecule has 46 heavy (non-hydrogen) atoms. The molecule has 0 radical (unpaired) electrons. The number of carboxylic acids is 1. The highest BCUT2D eigenvalue weighted by Gasteiger charge is 2.51. The molecule has 6 rings (SSSR count). The first-order valence-electron chi connectivity index (χ1n) is 16.5. The van der Waals surface area contributed by atoms with E-state index in [-0.39, 0.29) is 34.1 Å². The van der Waals surface area contributed by atoms with Gasteiger partial charge in [-0.25, -0.2) is 4.79 Å². The molecule has 3 aliphatic heterocycles. The maximum Gasteiger partial charge on any atom is 0.335 e. The second-order valence-electron chi connectivity index (χ2n) is 14.3. The maximum absolute atomic E-state index is 14.8. The lowest BCUT2D eigenvalue weighted by atomic mass is 9.58. The van der Waals surface area contributed by atoms with Crippen molar-refractivity contribution in [2.75, 3.05) is 32.7 Å². The molecular formula is C38H45N3O5. The van der Waals surface area contributed by atoms with Crippen molar-refractivity contribution in [3.8, 4) is 0 Å². The Kier molecular flexibility index (Phi) is 8.20. The van der Waals surface area contributed by atoms with Gasteiger partial charge in [0.15, 0.2) is 0 Å². The number of benzene rings is 2. The van der Waals surface area contributed by atoms with E-state index >= 15 is 0 Å². The van der Waals surface area contributed by atoms with E-state index in [4.69, 9.17) is 0 Å². The zero-order chi connectivity index (χ0) is 32.9. The Morgan fingerprint density at radius 3 is 2.15 bits per heavy atom. The average molecular weight is 624 g/mol. The van der Waals surface area contributed by atoms with Crippen LogP contribution >= 0.6 is 0 Å². The maximum atomic E-state index is 14.8. The van der Waals surface area contributed by atoms with Gasteiger partial charge in [0.1, 0.15) is 6.04 Å². The number of fused-ring (bicyclic) bond motifs is 1. The fourth-order valence-electron chi connectivity index (χ4n) is 8.76. The fourth-order valence-corrected chi connectivity index (χ4v) is 8.76. The molecule has 3 heterocycles. The van der Waals surface area contributed by atoms with Gasteiger partial charge in [0.2, 0.25) is 17.7 Å². The van der Waals surface area contributed by atoms with E-state index in [0.29, 0.717) is 52.0 Å². The molecule has 0 spiro atoms. The normalized spacial score (nSPS) is 25.3. The van der Waals surface area contributed by atoms with Gasteiger partial charge in [-0.3, -0.25) is 14.4 Å². The molecule has 8 nitrogen and oxygen atoms in total. The summed E-state index contributed by atoms with van der Waals surface area (Å²) in [7, 11) is 0. The highest BCUT2D eigenvalue weighted by atomic mass is 16.4. The number of allylic oxidation sites excluding steroid dienone is 2. The molecule has 2 aromatic rings. The molecule has 2 atom stereocenters. The number of carbonyl (C=O) groups is 4. The minimum Gasteiger partial charge on any atom is -0.478 e. The largest absolute Gasteiger partial charge is 0.478 e. The standard InChI is InChI=1S/C38H45N3O5/c1-26(42)41-21-8-11-31(41)33(43)39-23-19-38(20-24-39,29-9-6-5-7-10-29)35(46)40-22-17-32-36(2,3)30(16-18-37(32,4)25-40)27-12-14-28(15-13-27)34(44)45/h5-7,9-10,12-17,31H,8,11,18-25H2,1-4H3,(H,44,45)/t31?,37-/m1/s1. The summed E-state index contributed by atoms with van der Waals surface area (Å²) in [4.78, 5) is 57.5. The lowest BCUT2D eigenvalue weighted by Gasteiger charge is -2.52. The second-order valence-corrected chi connectivity index (χ2v) is 14.3. The summed E-state index contributed by atoms with van der Waals surface area (Å²) in [5, 5.41) is 9.36. The van der Waals surface area contributed by atoms with Gasteiger partial charge >= 0.3 is 5.97 Å². The fraction of sp³-hybridized carbons (Fsp3) is 0.474. The van der Waals surface area contributed by atoms with E-state index < -0.39 is 17.4 Å². The molecule has 1 aliphatic carbocycles. The Labute approximate surface area is 271 Å². The first-order chi connectivity index (χ1) is 21.9. The zero-order valence-corrected chi connectivity index (χ0v) is 27.4. The summed E-state index contributed by atoms with van der Waals surface area (Å²) in [6.07, 6.45) is 7.90. The first kappa shape index (κ1) is 31.8. The number of hydrogen-bond acceptors (Lipinski definition) is 4. The van der Waals surface area contributed by atoms with Crippen molar-refractivity contribution in [2.24, 2.45) is 10.8 Å². The minimum absolute atomic E-state index is 0.00416. The average Bonchev–Trinajstić information content (AvgIpc) is 3.55. The Morgan fingerprint density at radius 1 is 0.848 bits per heavy atom. The molecule has 0 aromatic heterocycles. The van der Waals surface area contributed by atoms with Crippen molar-refractivity contribution in [3.63, 3.8) is 0 Å². The van der Waals surface area contributed by atoms with E-state index in [1.807, 2.05) is 52.3 Å². The summed E-state index contributed by atoms with van der Waals surface area (Å²) in [6.45, 7) is 10.9. The van der Waals surface area contributed by atoms with Crippen LogP contribution in [0.4, 0.5) is 0 Å². The monoisotopic (exact) mass is 623 g/mol. The first-order valence-corrected chi connectivity index (χ1v) is 16.5. The van der Waals surface area contributed by atoms with Crippen LogP contribution in [-0.2, 0) is 19.8 Å². The Morgan fingerprint density at radius 2 is 1.52 bits per heavy atom. The highest BCUT2D eigenvalue weighted by Crippen LogP contribution is 2.55. The van der Waals surface area contributed by atoms with Gasteiger partial charge in [-0.05, 0) is 60.9 Å². The van der Waals surface area contributed by atoms with Gasteiger partial charge in [-0.15, -0.1) is 0 Å². The van der Waals surface area contributed by atoms with Crippen molar-refractivity contribution in [3.05, 3.63) is 89.0 Å². The quantitative estimate of drug-likeness (QED) is 0.441. The van der Waals surface area contributed by atoms with Gasteiger partial charge in [0.05, 0.1) is 11.0 Å². The van der Waals surface area contributed by atoms with Gasteiger partial charge in [0, 0.05) is 50.5 Å². The van der Waals surface area contributed by atoms with Crippen LogP contribution < -0.4 is 0 Å². The molecule has 4 aliphatic rings. The van der Waals surface area contributed by atoms with Crippen LogP contribution in [0, 0.1) is 10.8 Å². The topological polar surface area (TPSA) is 98.2 Å². The molecule has 3 amide bonds. The van der Waals surface area contributed by atoms with Gasteiger partial charge in [0.25, 0.3) is 0 Å². The van der Waals surface area contributed by atoms with Crippen LogP contribution in [0.15, 0.2) is 72.3 Å². The molecule has 0 bridgehead atoms. The number of nitrogens with zero attached hydrogens (tertiary/aromatic N) is 3. The van der Waals surface area contributed by atoms with Gasteiger partial charge < -0.3 is 19.8 Å². The van der Waals surface area contributed by atoms with Crippen molar-refractivity contribution in [2.45, 2.75) is 71.3 Å². The smallest absolute Gasteiger partial charge is 0.335 e. The van der Waals surface area contributed by atoms with Gasteiger partial charge in [-0.2, -0.15) is 0 Å². The highest BCUT2D eigenvalue weighted by molar-refractivity contribution is 5.91. The molecule has 2 aromatic carbocycles. The SMILES string of the molecule is CC(=O)N1CCCC1C(=O)N1CCC(C(=O)N2CC=C3C(C)(C)C(c4ccc(C(=O)O)cc4)=CC[C@]3(C)C2)(c2ccccc2)CC1. The predicted octanol–water partition coefficient (Wildman–Crippen LogP) is 5.54. The Bertz CT molecular complexity index is 1600. The number of hydrogen-bond donors (Lipinski definition) is 1. The summed E-state index contributed by atoms with van der Waals surface area (Å²) >= 11 is 0. The summed E-state index contributed by atoms with van der Waals surface area (Å²) in [5.41, 5.74) is 3.51. The molecule has 2 fully saturated rings. The van der Waals surface area contributed by atoms with E-state index in [2.05, 4.69) is 32.9 Å². The Hall–Kier alpha value is -4.20. The minimum atomic E-state index is -0.935. The number of carbonyl (C=O) groups excluding carboxylic acids is 3. The second kappa shape index (κ2) is 11.9. The lowest BCUT2D eigenvalue weighted by Crippen LogP contribution is -2.58. The third-order valence-corrected chi connectivity index (χ3v) is 11.1. The van der Waals surface area contributed by atoms with E-state index in [1.165, 1.54) is 18.1 Å². The van der Waals surface area contributed by atoms with Crippen molar-refractivity contribution >= 4 is 29.3 Å². The Balaban J connectivity index is 1.24. The van der Waals surface area contributed by atoms with Crippen LogP contribution in [0.1, 0.15) is 81.3 Å². The molecule has 2 saturated heterocycles.